The molecule has 0 saturated heterocycles. The van der Waals surface area contributed by atoms with Gasteiger partial charge in [0.15, 0.2) is 0 Å². The Balaban J connectivity index is 2.86. The molecular formula is C17H20ClFO2. The van der Waals surface area contributed by atoms with Crippen LogP contribution in [0.3, 0.4) is 0 Å². The average molecular weight is 311 g/mol. The van der Waals surface area contributed by atoms with Crippen molar-refractivity contribution in [2.75, 3.05) is 5.88 Å². The molecule has 0 fully saturated rings. The summed E-state index contributed by atoms with van der Waals surface area (Å²) in [6.07, 6.45) is 5.66. The lowest BCUT2D eigenvalue weighted by Crippen LogP contribution is -2.22. The van der Waals surface area contributed by atoms with Crippen molar-refractivity contribution >= 4 is 23.6 Å². The van der Waals surface area contributed by atoms with Crippen molar-refractivity contribution in [3.05, 3.63) is 53.6 Å². The minimum absolute atomic E-state index is 0.310. The van der Waals surface area contributed by atoms with E-state index < -0.39 is 5.41 Å². The molecule has 0 aliphatic rings. The first kappa shape index (κ1) is 17.4. The number of carbonyl (C=O) groups is 1. The van der Waals surface area contributed by atoms with E-state index in [4.69, 9.17) is 16.3 Å². The van der Waals surface area contributed by atoms with Gasteiger partial charge >= 0.3 is 5.97 Å². The molecule has 1 aromatic carbocycles. The van der Waals surface area contributed by atoms with Crippen LogP contribution in [0.5, 0.6) is 0 Å². The number of hydrogen-bond donors (Lipinski definition) is 0. The zero-order chi connectivity index (χ0) is 15.9. The molecule has 0 spiro atoms. The molecule has 0 unspecified atom stereocenters. The van der Waals surface area contributed by atoms with Crippen molar-refractivity contribution in [2.45, 2.75) is 27.2 Å². The third kappa shape index (κ3) is 6.58. The third-order valence-electron chi connectivity index (χ3n) is 2.57. The molecule has 0 aliphatic carbocycles. The zero-order valence-electron chi connectivity index (χ0n) is 12.5. The van der Waals surface area contributed by atoms with Gasteiger partial charge in [0.2, 0.25) is 0 Å². The summed E-state index contributed by atoms with van der Waals surface area (Å²) in [6, 6.07) is 6.17. The van der Waals surface area contributed by atoms with Gasteiger partial charge in [-0.15, -0.1) is 11.6 Å². The van der Waals surface area contributed by atoms with Crippen molar-refractivity contribution in [1.82, 2.24) is 0 Å². The number of esters is 1. The second-order valence-electron chi connectivity index (χ2n) is 5.61. The Morgan fingerprint density at radius 3 is 2.67 bits per heavy atom. The van der Waals surface area contributed by atoms with Crippen LogP contribution >= 0.6 is 11.6 Å². The first-order valence-corrected chi connectivity index (χ1v) is 7.28. The largest absolute Gasteiger partial charge is 0.426 e. The smallest absolute Gasteiger partial charge is 0.316 e. The summed E-state index contributed by atoms with van der Waals surface area (Å²) < 4.78 is 18.5. The Bertz CT molecular complexity index is 542. The molecule has 0 saturated carbocycles. The van der Waals surface area contributed by atoms with Gasteiger partial charge in [-0.25, -0.2) is 4.39 Å². The van der Waals surface area contributed by atoms with Gasteiger partial charge in [-0.1, -0.05) is 18.2 Å². The predicted octanol–water partition coefficient (Wildman–Crippen LogP) is 4.94. The van der Waals surface area contributed by atoms with E-state index in [1.54, 1.807) is 51.1 Å². The molecule has 1 aromatic rings. The van der Waals surface area contributed by atoms with Crippen LogP contribution < -0.4 is 0 Å². The number of halogens is 2. The lowest BCUT2D eigenvalue weighted by molar-refractivity contribution is -0.147. The fourth-order valence-electron chi connectivity index (χ4n) is 1.39. The van der Waals surface area contributed by atoms with Gasteiger partial charge in [0.1, 0.15) is 11.6 Å². The highest BCUT2D eigenvalue weighted by molar-refractivity contribution is 6.17. The molecular weight excluding hydrogens is 291 g/mol. The van der Waals surface area contributed by atoms with Crippen molar-refractivity contribution in [2.24, 2.45) is 5.41 Å². The summed E-state index contributed by atoms with van der Waals surface area (Å²) in [4.78, 5) is 11.9. The third-order valence-corrected chi connectivity index (χ3v) is 2.78. The molecule has 114 valence electrons. The van der Waals surface area contributed by atoms with Crippen molar-refractivity contribution < 1.29 is 13.9 Å². The SMILES string of the molecule is CC(C)(C)C(=O)OC(=C\CCCl)/C=C/c1cccc(F)c1. The molecule has 0 aromatic heterocycles. The number of allylic oxidation sites excluding steroid dienone is 2. The van der Waals surface area contributed by atoms with Crippen LogP contribution in [0.4, 0.5) is 4.39 Å². The second-order valence-corrected chi connectivity index (χ2v) is 5.99. The Hall–Kier alpha value is -1.61. The maximum absolute atomic E-state index is 13.1. The number of benzene rings is 1. The van der Waals surface area contributed by atoms with Crippen LogP contribution in [0, 0.1) is 11.2 Å². The van der Waals surface area contributed by atoms with Crippen molar-refractivity contribution in [1.29, 1.82) is 0 Å². The number of carbonyl (C=O) groups excluding carboxylic acids is 1. The molecule has 21 heavy (non-hydrogen) atoms. The molecule has 2 nitrogen and oxygen atoms in total. The number of rotatable bonds is 5. The molecule has 0 heterocycles. The monoisotopic (exact) mass is 310 g/mol. The summed E-state index contributed by atoms with van der Waals surface area (Å²) in [7, 11) is 0. The van der Waals surface area contributed by atoms with E-state index in [-0.39, 0.29) is 11.8 Å². The Labute approximate surface area is 130 Å². The van der Waals surface area contributed by atoms with Crippen LogP contribution in [0.1, 0.15) is 32.8 Å². The Morgan fingerprint density at radius 2 is 2.10 bits per heavy atom. The predicted molar refractivity (Wildman–Crippen MR) is 84.4 cm³/mol. The van der Waals surface area contributed by atoms with E-state index in [1.165, 1.54) is 12.1 Å². The summed E-state index contributed by atoms with van der Waals surface area (Å²) in [5, 5.41) is 0. The molecule has 0 radical (unpaired) electrons. The first-order chi connectivity index (χ1) is 9.82. The number of hydrogen-bond acceptors (Lipinski definition) is 2. The summed E-state index contributed by atoms with van der Waals surface area (Å²) in [6.45, 7) is 5.35. The highest BCUT2D eigenvalue weighted by atomic mass is 35.5. The molecule has 0 atom stereocenters. The van der Waals surface area contributed by atoms with Gasteiger partial charge < -0.3 is 4.74 Å². The molecule has 0 aliphatic heterocycles. The van der Waals surface area contributed by atoms with Gasteiger partial charge in [-0.2, -0.15) is 0 Å². The molecule has 0 amide bonds. The summed E-state index contributed by atoms with van der Waals surface area (Å²) in [5.41, 5.74) is 0.103. The minimum Gasteiger partial charge on any atom is -0.426 e. The molecule has 0 bridgehead atoms. The molecule has 4 heteroatoms. The molecule has 0 N–H and O–H groups in total. The number of ether oxygens (including phenoxy) is 1. The van der Waals surface area contributed by atoms with Gasteiger partial charge in [0.05, 0.1) is 5.41 Å². The van der Waals surface area contributed by atoms with Crippen LogP contribution in [0.25, 0.3) is 6.08 Å². The first-order valence-electron chi connectivity index (χ1n) is 6.75. The lowest BCUT2D eigenvalue weighted by Gasteiger charge is -2.16. The Morgan fingerprint density at radius 1 is 1.38 bits per heavy atom. The van der Waals surface area contributed by atoms with Gasteiger partial charge in [-0.05, 0) is 57.0 Å². The van der Waals surface area contributed by atoms with E-state index in [9.17, 15) is 9.18 Å². The lowest BCUT2D eigenvalue weighted by atomic mass is 9.97. The zero-order valence-corrected chi connectivity index (χ0v) is 13.3. The maximum atomic E-state index is 13.1. The van der Waals surface area contributed by atoms with Crippen LogP contribution in [-0.2, 0) is 9.53 Å². The van der Waals surface area contributed by atoms with Crippen LogP contribution in [0.15, 0.2) is 42.2 Å². The van der Waals surface area contributed by atoms with Crippen molar-refractivity contribution in [3.8, 4) is 0 Å². The van der Waals surface area contributed by atoms with Gasteiger partial charge in [0.25, 0.3) is 0 Å². The van der Waals surface area contributed by atoms with Crippen LogP contribution in [0.2, 0.25) is 0 Å². The fraction of sp³-hybridized carbons (Fsp3) is 0.353. The van der Waals surface area contributed by atoms with E-state index in [0.29, 0.717) is 23.6 Å². The average Bonchev–Trinajstić information content (AvgIpc) is 2.40. The highest BCUT2D eigenvalue weighted by Gasteiger charge is 2.23. The van der Waals surface area contributed by atoms with E-state index in [0.717, 1.165) is 0 Å². The maximum Gasteiger partial charge on any atom is 0.316 e. The fourth-order valence-corrected chi connectivity index (χ4v) is 1.50. The summed E-state index contributed by atoms with van der Waals surface area (Å²) >= 11 is 5.65. The topological polar surface area (TPSA) is 26.3 Å². The standard InChI is InChI=1S/C17H20ClFO2/c1-17(2,3)16(20)21-15(8-5-11-18)10-9-13-6-4-7-14(19)12-13/h4,6-10,12H,5,11H2,1-3H3/b10-9+,15-8-. The minimum atomic E-state index is -0.591. The second kappa shape index (κ2) is 7.99. The van der Waals surface area contributed by atoms with Crippen molar-refractivity contribution in [3.63, 3.8) is 0 Å². The normalized spacial score (nSPS) is 12.7. The van der Waals surface area contributed by atoms with Crippen LogP contribution in [-0.4, -0.2) is 11.8 Å². The quantitative estimate of drug-likeness (QED) is 0.333. The summed E-state index contributed by atoms with van der Waals surface area (Å²) in [5.74, 6) is 0.215. The highest BCUT2D eigenvalue weighted by Crippen LogP contribution is 2.19. The van der Waals surface area contributed by atoms with E-state index in [1.807, 2.05) is 0 Å². The molecule has 1 rings (SSSR count). The van der Waals surface area contributed by atoms with Gasteiger partial charge in [-0.3, -0.25) is 4.79 Å². The van der Waals surface area contributed by atoms with Gasteiger partial charge in [0, 0.05) is 5.88 Å². The Kier molecular flexibility index (Phi) is 6.63. The van der Waals surface area contributed by atoms with E-state index in [2.05, 4.69) is 0 Å². The number of alkyl halides is 1. The van der Waals surface area contributed by atoms with E-state index >= 15 is 0 Å².